The Morgan fingerprint density at radius 3 is 2.50 bits per heavy atom. The average molecular weight is 184 g/mol. The number of nitrogens with zero attached hydrogens (tertiary/aromatic N) is 4. The van der Waals surface area contributed by atoms with Crippen LogP contribution in [0.25, 0.3) is 5.69 Å². The standard InChI is InChI=1S/C10H8N4/c1-8-10(7-11)13-14(12-8)9-5-3-2-4-6-9/h2-6H,1H3. The first-order valence-electron chi connectivity index (χ1n) is 4.21. The Hall–Kier alpha value is -2.15. The third-order valence-electron chi connectivity index (χ3n) is 1.88. The van der Waals surface area contributed by atoms with Crippen LogP contribution in [0.1, 0.15) is 11.4 Å². The van der Waals surface area contributed by atoms with Gasteiger partial charge in [0, 0.05) is 0 Å². The maximum atomic E-state index is 8.71. The van der Waals surface area contributed by atoms with Crippen LogP contribution in [-0.2, 0) is 0 Å². The summed E-state index contributed by atoms with van der Waals surface area (Å²) in [6, 6.07) is 11.5. The number of benzene rings is 1. The lowest BCUT2D eigenvalue weighted by Crippen LogP contribution is -1.98. The van der Waals surface area contributed by atoms with Crippen LogP contribution >= 0.6 is 0 Å². The zero-order valence-electron chi connectivity index (χ0n) is 7.68. The summed E-state index contributed by atoms with van der Waals surface area (Å²) in [6.07, 6.45) is 0. The largest absolute Gasteiger partial charge is 0.191 e. The Bertz CT molecular complexity index is 479. The highest BCUT2D eigenvalue weighted by molar-refractivity contribution is 5.31. The average Bonchev–Trinajstić information content (AvgIpc) is 2.61. The smallest absolute Gasteiger partial charge is 0.186 e. The Morgan fingerprint density at radius 1 is 1.21 bits per heavy atom. The molecule has 4 heteroatoms. The second kappa shape index (κ2) is 3.30. The van der Waals surface area contributed by atoms with Gasteiger partial charge < -0.3 is 0 Å². The van der Waals surface area contributed by atoms with Crippen molar-refractivity contribution in [3.8, 4) is 11.8 Å². The Morgan fingerprint density at radius 2 is 1.93 bits per heavy atom. The van der Waals surface area contributed by atoms with Gasteiger partial charge in [0.15, 0.2) is 5.69 Å². The Kier molecular flexibility index (Phi) is 1.99. The zero-order valence-corrected chi connectivity index (χ0v) is 7.68. The van der Waals surface area contributed by atoms with E-state index < -0.39 is 0 Å². The van der Waals surface area contributed by atoms with Crippen molar-refractivity contribution in [3.63, 3.8) is 0 Å². The van der Waals surface area contributed by atoms with Gasteiger partial charge in [-0.2, -0.15) is 15.2 Å². The van der Waals surface area contributed by atoms with E-state index in [0.717, 1.165) is 5.69 Å². The van der Waals surface area contributed by atoms with Crippen LogP contribution < -0.4 is 0 Å². The second-order valence-electron chi connectivity index (χ2n) is 2.87. The molecule has 1 aromatic carbocycles. The van der Waals surface area contributed by atoms with Gasteiger partial charge in [-0.15, -0.1) is 5.10 Å². The lowest BCUT2D eigenvalue weighted by atomic mass is 10.3. The molecule has 0 N–H and O–H groups in total. The summed E-state index contributed by atoms with van der Waals surface area (Å²) in [6.45, 7) is 1.77. The topological polar surface area (TPSA) is 54.5 Å². The van der Waals surface area contributed by atoms with Crippen LogP contribution in [0.3, 0.4) is 0 Å². The van der Waals surface area contributed by atoms with Crippen LogP contribution in [-0.4, -0.2) is 15.0 Å². The van der Waals surface area contributed by atoms with Crippen LogP contribution in [0.4, 0.5) is 0 Å². The van der Waals surface area contributed by atoms with E-state index in [-0.39, 0.29) is 0 Å². The molecule has 14 heavy (non-hydrogen) atoms. The molecule has 2 rings (SSSR count). The molecule has 68 valence electrons. The highest BCUT2D eigenvalue weighted by Crippen LogP contribution is 2.06. The molecule has 1 aromatic heterocycles. The fraction of sp³-hybridized carbons (Fsp3) is 0.100. The molecule has 0 aliphatic rings. The summed E-state index contributed by atoms with van der Waals surface area (Å²) in [5.41, 5.74) is 1.88. The van der Waals surface area contributed by atoms with Crippen LogP contribution in [0.15, 0.2) is 30.3 Å². The van der Waals surface area contributed by atoms with Crippen LogP contribution in [0.2, 0.25) is 0 Å². The van der Waals surface area contributed by atoms with Gasteiger partial charge in [0.05, 0.1) is 11.4 Å². The molecule has 4 nitrogen and oxygen atoms in total. The summed E-state index contributed by atoms with van der Waals surface area (Å²) < 4.78 is 0. The van der Waals surface area contributed by atoms with Crippen molar-refractivity contribution in [3.05, 3.63) is 41.7 Å². The molecule has 1 heterocycles. The molecule has 0 aliphatic carbocycles. The maximum Gasteiger partial charge on any atom is 0.186 e. The lowest BCUT2D eigenvalue weighted by Gasteiger charge is -1.96. The minimum absolute atomic E-state index is 0.369. The van der Waals surface area contributed by atoms with Gasteiger partial charge in [-0.1, -0.05) is 18.2 Å². The molecule has 0 atom stereocenters. The van der Waals surface area contributed by atoms with E-state index in [1.165, 1.54) is 4.80 Å². The molecule has 0 saturated carbocycles. The highest BCUT2D eigenvalue weighted by Gasteiger charge is 2.06. The van der Waals surface area contributed by atoms with Gasteiger partial charge in [-0.3, -0.25) is 0 Å². The van der Waals surface area contributed by atoms with Crippen LogP contribution in [0.5, 0.6) is 0 Å². The minimum Gasteiger partial charge on any atom is -0.191 e. The third kappa shape index (κ3) is 1.36. The Labute approximate surface area is 81.4 Å². The van der Waals surface area contributed by atoms with Gasteiger partial charge in [0.1, 0.15) is 6.07 Å². The van der Waals surface area contributed by atoms with Crippen molar-refractivity contribution < 1.29 is 0 Å². The predicted octanol–water partition coefficient (Wildman–Crippen LogP) is 1.45. The summed E-state index contributed by atoms with van der Waals surface area (Å²) in [5, 5.41) is 16.9. The second-order valence-corrected chi connectivity index (χ2v) is 2.87. The molecular formula is C10H8N4. The van der Waals surface area contributed by atoms with Crippen molar-refractivity contribution in [2.24, 2.45) is 0 Å². The summed E-state index contributed by atoms with van der Waals surface area (Å²) in [7, 11) is 0. The van der Waals surface area contributed by atoms with Crippen molar-refractivity contribution >= 4 is 0 Å². The monoisotopic (exact) mass is 184 g/mol. The minimum atomic E-state index is 0.369. The van der Waals surface area contributed by atoms with Gasteiger partial charge in [0.25, 0.3) is 0 Å². The molecule has 0 saturated heterocycles. The molecule has 0 spiro atoms. The molecule has 0 fully saturated rings. The number of hydrogen-bond acceptors (Lipinski definition) is 3. The molecule has 0 aliphatic heterocycles. The number of hydrogen-bond donors (Lipinski definition) is 0. The number of rotatable bonds is 1. The van der Waals surface area contributed by atoms with Crippen molar-refractivity contribution in [1.82, 2.24) is 15.0 Å². The quantitative estimate of drug-likeness (QED) is 0.674. The molecule has 0 radical (unpaired) electrons. The van der Waals surface area contributed by atoms with Crippen LogP contribution in [0, 0.1) is 18.3 Å². The molecule has 0 amide bonds. The SMILES string of the molecule is Cc1nn(-c2ccccc2)nc1C#N. The van der Waals surface area contributed by atoms with E-state index in [1.54, 1.807) is 6.92 Å². The first-order valence-corrected chi connectivity index (χ1v) is 4.21. The van der Waals surface area contributed by atoms with E-state index >= 15 is 0 Å². The van der Waals surface area contributed by atoms with Gasteiger partial charge in [-0.25, -0.2) is 0 Å². The maximum absolute atomic E-state index is 8.71. The van der Waals surface area contributed by atoms with E-state index in [1.807, 2.05) is 36.4 Å². The van der Waals surface area contributed by atoms with Crippen molar-refractivity contribution in [2.75, 3.05) is 0 Å². The van der Waals surface area contributed by atoms with Crippen molar-refractivity contribution in [1.29, 1.82) is 5.26 Å². The molecular weight excluding hydrogens is 176 g/mol. The fourth-order valence-corrected chi connectivity index (χ4v) is 1.16. The van der Waals surface area contributed by atoms with Gasteiger partial charge >= 0.3 is 0 Å². The van der Waals surface area contributed by atoms with E-state index in [4.69, 9.17) is 5.26 Å². The highest BCUT2D eigenvalue weighted by atomic mass is 15.5. The number of aromatic nitrogens is 3. The third-order valence-corrected chi connectivity index (χ3v) is 1.88. The fourth-order valence-electron chi connectivity index (χ4n) is 1.16. The number of aryl methyl sites for hydroxylation is 1. The lowest BCUT2D eigenvalue weighted by molar-refractivity contribution is 0.744. The predicted molar refractivity (Wildman–Crippen MR) is 50.8 cm³/mol. The molecule has 2 aromatic rings. The van der Waals surface area contributed by atoms with Gasteiger partial charge in [0.2, 0.25) is 0 Å². The molecule has 0 unspecified atom stereocenters. The number of nitriles is 1. The summed E-state index contributed by atoms with van der Waals surface area (Å²) >= 11 is 0. The first kappa shape index (κ1) is 8.45. The first-order chi connectivity index (χ1) is 6.81. The normalized spacial score (nSPS) is 9.71. The summed E-state index contributed by atoms with van der Waals surface area (Å²) in [4.78, 5) is 1.47. The Balaban J connectivity index is 2.50. The number of para-hydroxylation sites is 1. The van der Waals surface area contributed by atoms with E-state index in [2.05, 4.69) is 10.2 Å². The van der Waals surface area contributed by atoms with Gasteiger partial charge in [-0.05, 0) is 19.1 Å². The molecule has 0 bridgehead atoms. The van der Waals surface area contributed by atoms with E-state index in [9.17, 15) is 0 Å². The van der Waals surface area contributed by atoms with E-state index in [0.29, 0.717) is 11.4 Å². The van der Waals surface area contributed by atoms with Crippen molar-refractivity contribution in [2.45, 2.75) is 6.92 Å². The summed E-state index contributed by atoms with van der Waals surface area (Å²) in [5.74, 6) is 0. The zero-order chi connectivity index (χ0) is 9.97.